The number of hydrogen-bond acceptors (Lipinski definition) is 3. The number of carbonyl (C=O) groups excluding carboxylic acids is 1. The molecule has 1 aliphatic carbocycles. The highest BCUT2D eigenvalue weighted by Gasteiger charge is 2.28. The van der Waals surface area contributed by atoms with Gasteiger partial charge in [0.1, 0.15) is 5.82 Å². The summed E-state index contributed by atoms with van der Waals surface area (Å²) in [5, 5.41) is 3.01. The lowest BCUT2D eigenvalue weighted by Crippen LogP contribution is -2.34. The minimum absolute atomic E-state index is 0.0286. The fourth-order valence-corrected chi connectivity index (χ4v) is 2.43. The molecule has 1 unspecified atom stereocenters. The molecule has 116 valence electrons. The lowest BCUT2D eigenvalue weighted by Gasteiger charge is -2.11. The van der Waals surface area contributed by atoms with E-state index in [1.54, 1.807) is 18.3 Å². The van der Waals surface area contributed by atoms with E-state index in [4.69, 9.17) is 4.42 Å². The molecule has 1 aliphatic rings. The van der Waals surface area contributed by atoms with Gasteiger partial charge in [0, 0.05) is 24.4 Å². The normalized spacial score (nSPS) is 15.5. The smallest absolute Gasteiger partial charge is 0.220 e. The second-order valence-corrected chi connectivity index (χ2v) is 5.82. The van der Waals surface area contributed by atoms with E-state index in [0.29, 0.717) is 30.4 Å². The van der Waals surface area contributed by atoms with Crippen molar-refractivity contribution in [3.8, 4) is 11.3 Å². The number of benzene rings is 1. The quantitative estimate of drug-likeness (QED) is 0.890. The number of nitrogens with zero attached hydrogens (tertiary/aromatic N) is 1. The fraction of sp³-hybridized carbons (Fsp3) is 0.412. The number of carbonyl (C=O) groups is 1. The first-order valence-electron chi connectivity index (χ1n) is 7.62. The molecule has 4 nitrogen and oxygen atoms in total. The van der Waals surface area contributed by atoms with E-state index in [9.17, 15) is 9.18 Å². The molecule has 1 atom stereocenters. The fourth-order valence-electron chi connectivity index (χ4n) is 2.43. The van der Waals surface area contributed by atoms with Crippen LogP contribution in [0, 0.1) is 11.7 Å². The Kier molecular flexibility index (Phi) is 4.22. The van der Waals surface area contributed by atoms with Gasteiger partial charge >= 0.3 is 0 Å². The molecule has 0 saturated heterocycles. The standard InChI is InChI=1S/C17H19FN2O2/c1-11(12-2-3-12)20-16(21)8-9-17-19-10-15(22-17)13-4-6-14(18)7-5-13/h4-7,10-12H,2-3,8-9H2,1H3,(H,20,21). The monoisotopic (exact) mass is 302 g/mol. The van der Waals surface area contributed by atoms with Gasteiger partial charge in [-0.15, -0.1) is 0 Å². The van der Waals surface area contributed by atoms with Crippen molar-refractivity contribution in [2.75, 3.05) is 0 Å². The number of aryl methyl sites for hydroxylation is 1. The summed E-state index contributed by atoms with van der Waals surface area (Å²) in [6, 6.07) is 6.30. The van der Waals surface area contributed by atoms with Crippen LogP contribution in [-0.4, -0.2) is 16.9 Å². The van der Waals surface area contributed by atoms with E-state index in [1.165, 1.54) is 25.0 Å². The predicted octanol–water partition coefficient (Wildman–Crippen LogP) is 3.33. The average molecular weight is 302 g/mol. The van der Waals surface area contributed by atoms with Crippen molar-refractivity contribution in [3.05, 3.63) is 42.2 Å². The molecular weight excluding hydrogens is 283 g/mol. The molecule has 0 spiro atoms. The summed E-state index contributed by atoms with van der Waals surface area (Å²) in [5.41, 5.74) is 0.770. The van der Waals surface area contributed by atoms with Gasteiger partial charge in [-0.3, -0.25) is 4.79 Å². The molecule has 0 radical (unpaired) electrons. The van der Waals surface area contributed by atoms with E-state index in [-0.39, 0.29) is 17.8 Å². The summed E-state index contributed by atoms with van der Waals surface area (Å²) in [7, 11) is 0. The second-order valence-electron chi connectivity index (χ2n) is 5.82. The Labute approximate surface area is 128 Å². The van der Waals surface area contributed by atoms with Crippen LogP contribution in [0.1, 0.15) is 32.1 Å². The Morgan fingerprint density at radius 1 is 1.41 bits per heavy atom. The van der Waals surface area contributed by atoms with Gasteiger partial charge < -0.3 is 9.73 Å². The molecule has 1 N–H and O–H groups in total. The van der Waals surface area contributed by atoms with Crippen molar-refractivity contribution in [2.45, 2.75) is 38.6 Å². The summed E-state index contributed by atoms with van der Waals surface area (Å²) >= 11 is 0. The lowest BCUT2D eigenvalue weighted by molar-refractivity contribution is -0.121. The van der Waals surface area contributed by atoms with E-state index in [1.807, 2.05) is 6.92 Å². The highest BCUT2D eigenvalue weighted by molar-refractivity contribution is 5.76. The Bertz CT molecular complexity index is 647. The van der Waals surface area contributed by atoms with Crippen LogP contribution in [0.3, 0.4) is 0 Å². The zero-order chi connectivity index (χ0) is 15.5. The summed E-state index contributed by atoms with van der Waals surface area (Å²) < 4.78 is 18.5. The highest BCUT2D eigenvalue weighted by Crippen LogP contribution is 2.32. The van der Waals surface area contributed by atoms with Crippen LogP contribution >= 0.6 is 0 Å². The number of aromatic nitrogens is 1. The van der Waals surface area contributed by atoms with E-state index >= 15 is 0 Å². The SMILES string of the molecule is CC(NC(=O)CCc1ncc(-c2ccc(F)cc2)o1)C1CC1. The topological polar surface area (TPSA) is 55.1 Å². The van der Waals surface area contributed by atoms with Crippen molar-refractivity contribution in [1.29, 1.82) is 0 Å². The first kappa shape index (κ1) is 14.8. The number of halogens is 1. The number of nitrogens with one attached hydrogen (secondary N) is 1. The number of oxazole rings is 1. The third kappa shape index (κ3) is 3.72. The molecule has 22 heavy (non-hydrogen) atoms. The third-order valence-electron chi connectivity index (χ3n) is 3.97. The van der Waals surface area contributed by atoms with Crippen LogP contribution in [0.4, 0.5) is 4.39 Å². The van der Waals surface area contributed by atoms with Crippen molar-refractivity contribution in [1.82, 2.24) is 10.3 Å². The van der Waals surface area contributed by atoms with Crippen LogP contribution in [0.2, 0.25) is 0 Å². The molecule has 1 aromatic heterocycles. The molecule has 1 saturated carbocycles. The molecule has 3 rings (SSSR count). The molecule has 1 aromatic carbocycles. The van der Waals surface area contributed by atoms with Gasteiger partial charge in [-0.05, 0) is 49.9 Å². The largest absolute Gasteiger partial charge is 0.441 e. The maximum absolute atomic E-state index is 12.9. The van der Waals surface area contributed by atoms with Crippen LogP contribution in [0.5, 0.6) is 0 Å². The van der Waals surface area contributed by atoms with Crippen LogP contribution in [-0.2, 0) is 11.2 Å². The van der Waals surface area contributed by atoms with E-state index in [0.717, 1.165) is 5.56 Å². The molecule has 1 fully saturated rings. The van der Waals surface area contributed by atoms with E-state index < -0.39 is 0 Å². The first-order valence-corrected chi connectivity index (χ1v) is 7.62. The second kappa shape index (κ2) is 6.30. The molecule has 1 amide bonds. The molecular formula is C17H19FN2O2. The van der Waals surface area contributed by atoms with Crippen LogP contribution < -0.4 is 5.32 Å². The minimum Gasteiger partial charge on any atom is -0.441 e. The predicted molar refractivity (Wildman–Crippen MR) is 80.5 cm³/mol. The summed E-state index contributed by atoms with van der Waals surface area (Å²) in [5.74, 6) is 1.50. The van der Waals surface area contributed by atoms with Gasteiger partial charge in [-0.25, -0.2) is 9.37 Å². The Balaban J connectivity index is 1.53. The van der Waals surface area contributed by atoms with Gasteiger partial charge in [0.15, 0.2) is 11.7 Å². The van der Waals surface area contributed by atoms with Crippen molar-refractivity contribution in [3.63, 3.8) is 0 Å². The van der Waals surface area contributed by atoms with Crippen LogP contribution in [0.15, 0.2) is 34.9 Å². The average Bonchev–Trinajstić information content (AvgIpc) is 3.25. The Morgan fingerprint density at radius 3 is 2.82 bits per heavy atom. The zero-order valence-corrected chi connectivity index (χ0v) is 12.5. The lowest BCUT2D eigenvalue weighted by atomic mass is 10.2. The van der Waals surface area contributed by atoms with Crippen LogP contribution in [0.25, 0.3) is 11.3 Å². The number of hydrogen-bond donors (Lipinski definition) is 1. The van der Waals surface area contributed by atoms with E-state index in [2.05, 4.69) is 10.3 Å². The van der Waals surface area contributed by atoms with Crippen molar-refractivity contribution >= 4 is 5.91 Å². The van der Waals surface area contributed by atoms with Gasteiger partial charge in [-0.1, -0.05) is 0 Å². The molecule has 5 heteroatoms. The van der Waals surface area contributed by atoms with Gasteiger partial charge in [-0.2, -0.15) is 0 Å². The van der Waals surface area contributed by atoms with Crippen molar-refractivity contribution in [2.24, 2.45) is 5.92 Å². The summed E-state index contributed by atoms with van der Waals surface area (Å²) in [6.45, 7) is 2.05. The Hall–Kier alpha value is -2.17. The first-order chi connectivity index (χ1) is 10.6. The number of amides is 1. The summed E-state index contributed by atoms with van der Waals surface area (Å²) in [6.07, 6.45) is 4.85. The van der Waals surface area contributed by atoms with Gasteiger partial charge in [0.05, 0.1) is 6.20 Å². The Morgan fingerprint density at radius 2 is 2.14 bits per heavy atom. The summed E-state index contributed by atoms with van der Waals surface area (Å²) in [4.78, 5) is 16.0. The highest BCUT2D eigenvalue weighted by atomic mass is 19.1. The van der Waals surface area contributed by atoms with Gasteiger partial charge in [0.2, 0.25) is 5.91 Å². The molecule has 0 bridgehead atoms. The van der Waals surface area contributed by atoms with Gasteiger partial charge in [0.25, 0.3) is 0 Å². The maximum Gasteiger partial charge on any atom is 0.220 e. The zero-order valence-electron chi connectivity index (χ0n) is 12.5. The maximum atomic E-state index is 12.9. The minimum atomic E-state index is -0.287. The molecule has 0 aliphatic heterocycles. The molecule has 1 heterocycles. The third-order valence-corrected chi connectivity index (χ3v) is 3.97. The molecule has 2 aromatic rings. The number of rotatable bonds is 6. The van der Waals surface area contributed by atoms with Crippen molar-refractivity contribution < 1.29 is 13.6 Å².